The molecule has 9 nitrogen and oxygen atoms in total. The minimum atomic E-state index is -0.211. The van der Waals surface area contributed by atoms with Gasteiger partial charge in [-0.25, -0.2) is 14.8 Å². The van der Waals surface area contributed by atoms with E-state index in [9.17, 15) is 9.59 Å². The van der Waals surface area contributed by atoms with Crippen molar-refractivity contribution < 1.29 is 14.3 Å². The molecule has 1 atom stereocenters. The van der Waals surface area contributed by atoms with Crippen LogP contribution in [0.25, 0.3) is 11.2 Å². The Kier molecular flexibility index (Phi) is 5.51. The van der Waals surface area contributed by atoms with Crippen LogP contribution in [0.2, 0.25) is 0 Å². The lowest BCUT2D eigenvalue weighted by atomic mass is 10.1. The molecule has 2 aromatic heterocycles. The molecule has 1 aliphatic rings. The fraction of sp³-hybridized carbons (Fsp3) is 0.333. The van der Waals surface area contributed by atoms with Crippen molar-refractivity contribution in [1.82, 2.24) is 30.9 Å². The van der Waals surface area contributed by atoms with Crippen LogP contribution in [0.3, 0.4) is 0 Å². The lowest BCUT2D eigenvalue weighted by Crippen LogP contribution is -2.34. The zero-order chi connectivity index (χ0) is 21.1. The van der Waals surface area contributed by atoms with Crippen molar-refractivity contribution in [2.45, 2.75) is 32.2 Å². The van der Waals surface area contributed by atoms with Gasteiger partial charge in [-0.2, -0.15) is 0 Å². The molecular weight excluding hydrogens is 384 g/mol. The number of nitrogens with one attached hydrogen (secondary N) is 4. The van der Waals surface area contributed by atoms with Gasteiger partial charge in [0, 0.05) is 19.8 Å². The Morgan fingerprint density at radius 2 is 2.20 bits per heavy atom. The molecule has 0 spiro atoms. The molecule has 0 radical (unpaired) electrons. The van der Waals surface area contributed by atoms with Crippen LogP contribution in [-0.4, -0.2) is 40.5 Å². The second-order valence-corrected chi connectivity index (χ2v) is 7.14. The maximum atomic E-state index is 12.3. The van der Waals surface area contributed by atoms with E-state index in [2.05, 4.69) is 30.9 Å². The van der Waals surface area contributed by atoms with Gasteiger partial charge in [0.1, 0.15) is 11.3 Å². The minimum absolute atomic E-state index is 0.0596. The Morgan fingerprint density at radius 1 is 1.33 bits per heavy atom. The van der Waals surface area contributed by atoms with E-state index in [1.165, 1.54) is 11.8 Å². The zero-order valence-corrected chi connectivity index (χ0v) is 16.9. The van der Waals surface area contributed by atoms with Crippen LogP contribution >= 0.6 is 0 Å². The molecule has 0 fully saturated rings. The molecule has 1 aromatic carbocycles. The smallest absolute Gasteiger partial charge is 0.315 e. The molecule has 0 bridgehead atoms. The van der Waals surface area contributed by atoms with Crippen LogP contribution in [0.1, 0.15) is 47.3 Å². The predicted octanol–water partition coefficient (Wildman–Crippen LogP) is 2.81. The first kappa shape index (κ1) is 19.7. The highest BCUT2D eigenvalue weighted by atomic mass is 16.5. The number of hydrogen-bond acceptors (Lipinski definition) is 5. The standard InChI is InChI=1S/C21H24N6O3/c1-3-8-23-20(28)15-10-24-19-18(15)27-17(11-25-19)30-13-6-4-12-5-7-16(14(12)9-13)26-21(29)22-2/h4,6,9-11,16H,3,5,7-8H2,1-2H3,(H,23,28)(H,24,25)(H2,22,26,29)/t16-/m1/s1. The third kappa shape index (κ3) is 3.91. The minimum Gasteiger partial charge on any atom is -0.437 e. The summed E-state index contributed by atoms with van der Waals surface area (Å²) in [6, 6.07) is 5.52. The topological polar surface area (TPSA) is 121 Å². The second-order valence-electron chi connectivity index (χ2n) is 7.14. The molecule has 4 N–H and O–H groups in total. The average molecular weight is 408 g/mol. The molecule has 0 saturated carbocycles. The first-order valence-corrected chi connectivity index (χ1v) is 10.00. The number of aromatic amines is 1. The molecule has 4 rings (SSSR count). The normalized spacial score (nSPS) is 14.9. The number of carbonyl (C=O) groups is 2. The number of nitrogens with zero attached hydrogens (tertiary/aromatic N) is 2. The predicted molar refractivity (Wildman–Crippen MR) is 112 cm³/mol. The van der Waals surface area contributed by atoms with Crippen molar-refractivity contribution in [1.29, 1.82) is 0 Å². The van der Waals surface area contributed by atoms with Crippen molar-refractivity contribution in [3.8, 4) is 11.6 Å². The molecular formula is C21H24N6O3. The van der Waals surface area contributed by atoms with Gasteiger partial charge in [0.2, 0.25) is 5.88 Å². The number of amides is 3. The summed E-state index contributed by atoms with van der Waals surface area (Å²) >= 11 is 0. The van der Waals surface area contributed by atoms with Gasteiger partial charge in [-0.1, -0.05) is 13.0 Å². The fourth-order valence-electron chi connectivity index (χ4n) is 3.58. The largest absolute Gasteiger partial charge is 0.437 e. The van der Waals surface area contributed by atoms with Gasteiger partial charge >= 0.3 is 6.03 Å². The number of benzene rings is 1. The summed E-state index contributed by atoms with van der Waals surface area (Å²) in [5.41, 5.74) is 3.63. The Balaban J connectivity index is 1.57. The maximum Gasteiger partial charge on any atom is 0.315 e. The van der Waals surface area contributed by atoms with Crippen LogP contribution in [0, 0.1) is 0 Å². The Labute approximate surface area is 173 Å². The van der Waals surface area contributed by atoms with E-state index < -0.39 is 0 Å². The number of rotatable bonds is 6. The molecule has 0 aliphatic heterocycles. The Hall–Kier alpha value is -3.62. The van der Waals surface area contributed by atoms with Crippen LogP contribution in [0.15, 0.2) is 30.6 Å². The van der Waals surface area contributed by atoms with E-state index in [-0.39, 0.29) is 18.0 Å². The van der Waals surface area contributed by atoms with E-state index in [0.717, 1.165) is 24.8 Å². The van der Waals surface area contributed by atoms with Crippen molar-refractivity contribution in [3.63, 3.8) is 0 Å². The van der Waals surface area contributed by atoms with Gasteiger partial charge in [0.25, 0.3) is 5.91 Å². The average Bonchev–Trinajstić information content (AvgIpc) is 3.35. The van der Waals surface area contributed by atoms with Gasteiger partial charge in [-0.15, -0.1) is 0 Å². The van der Waals surface area contributed by atoms with Crippen molar-refractivity contribution in [2.24, 2.45) is 0 Å². The summed E-state index contributed by atoms with van der Waals surface area (Å²) in [4.78, 5) is 35.8. The third-order valence-electron chi connectivity index (χ3n) is 5.09. The summed E-state index contributed by atoms with van der Waals surface area (Å²) < 4.78 is 5.93. The van der Waals surface area contributed by atoms with E-state index >= 15 is 0 Å². The van der Waals surface area contributed by atoms with Crippen LogP contribution in [-0.2, 0) is 6.42 Å². The van der Waals surface area contributed by atoms with E-state index in [0.29, 0.717) is 34.9 Å². The third-order valence-corrected chi connectivity index (χ3v) is 5.09. The van der Waals surface area contributed by atoms with Gasteiger partial charge in [0.15, 0.2) is 5.65 Å². The summed E-state index contributed by atoms with van der Waals surface area (Å²) in [5, 5.41) is 8.38. The highest BCUT2D eigenvalue weighted by molar-refractivity contribution is 6.04. The molecule has 3 aromatic rings. The summed E-state index contributed by atoms with van der Waals surface area (Å²) in [5.74, 6) is 0.691. The van der Waals surface area contributed by atoms with E-state index in [4.69, 9.17) is 4.74 Å². The monoisotopic (exact) mass is 408 g/mol. The molecule has 30 heavy (non-hydrogen) atoms. The van der Waals surface area contributed by atoms with Crippen molar-refractivity contribution in [3.05, 3.63) is 47.3 Å². The summed E-state index contributed by atoms with van der Waals surface area (Å²) in [7, 11) is 1.59. The highest BCUT2D eigenvalue weighted by Gasteiger charge is 2.24. The van der Waals surface area contributed by atoms with Crippen LogP contribution < -0.4 is 20.7 Å². The summed E-state index contributed by atoms with van der Waals surface area (Å²) in [6.07, 6.45) is 5.71. The van der Waals surface area contributed by atoms with Crippen molar-refractivity contribution in [2.75, 3.05) is 13.6 Å². The van der Waals surface area contributed by atoms with E-state index in [1.807, 2.05) is 25.1 Å². The van der Waals surface area contributed by atoms with Crippen molar-refractivity contribution >= 4 is 23.1 Å². The highest BCUT2D eigenvalue weighted by Crippen LogP contribution is 2.35. The number of hydrogen-bond donors (Lipinski definition) is 4. The molecule has 156 valence electrons. The lowest BCUT2D eigenvalue weighted by molar-refractivity contribution is 0.0955. The summed E-state index contributed by atoms with van der Waals surface area (Å²) in [6.45, 7) is 2.59. The van der Waals surface area contributed by atoms with Crippen LogP contribution in [0.5, 0.6) is 11.6 Å². The van der Waals surface area contributed by atoms with Gasteiger partial charge in [-0.3, -0.25) is 4.79 Å². The molecule has 1 aliphatic carbocycles. The number of urea groups is 1. The maximum absolute atomic E-state index is 12.3. The number of H-pyrrole nitrogens is 1. The van der Waals surface area contributed by atoms with Gasteiger partial charge in [0.05, 0.1) is 17.8 Å². The fourth-order valence-corrected chi connectivity index (χ4v) is 3.58. The van der Waals surface area contributed by atoms with E-state index in [1.54, 1.807) is 13.2 Å². The number of carbonyl (C=O) groups excluding carboxylic acids is 2. The second kappa shape index (κ2) is 8.40. The molecule has 9 heteroatoms. The number of ether oxygens (including phenoxy) is 1. The first-order valence-electron chi connectivity index (χ1n) is 10.00. The number of fused-ring (bicyclic) bond motifs is 2. The molecule has 0 unspecified atom stereocenters. The molecule has 2 heterocycles. The first-order chi connectivity index (χ1) is 14.6. The Morgan fingerprint density at radius 3 is 3.00 bits per heavy atom. The molecule has 3 amide bonds. The number of aromatic nitrogens is 3. The molecule has 0 saturated heterocycles. The number of aryl methyl sites for hydroxylation is 1. The van der Waals surface area contributed by atoms with Crippen LogP contribution in [0.4, 0.5) is 4.79 Å². The Bertz CT molecular complexity index is 1090. The SMILES string of the molecule is CCCNC(=O)c1c[nH]c2ncc(Oc3ccc4c(c3)[C@H](NC(=O)NC)CC4)nc12. The zero-order valence-electron chi connectivity index (χ0n) is 16.9. The lowest BCUT2D eigenvalue weighted by Gasteiger charge is -2.14. The quantitative estimate of drug-likeness (QED) is 0.500. The van der Waals surface area contributed by atoms with Gasteiger partial charge in [-0.05, 0) is 42.5 Å². The van der Waals surface area contributed by atoms with Gasteiger partial charge < -0.3 is 25.7 Å².